The first-order valence-corrected chi connectivity index (χ1v) is 7.77. The summed E-state index contributed by atoms with van der Waals surface area (Å²) in [6.45, 7) is -5.10. The Labute approximate surface area is 182 Å². The Balaban J connectivity index is -0.000000458. The first kappa shape index (κ1) is 34.9. The van der Waals surface area contributed by atoms with Gasteiger partial charge in [0.25, 0.3) is 25.7 Å². The van der Waals surface area contributed by atoms with Crippen molar-refractivity contribution in [2.24, 2.45) is 0 Å². The van der Waals surface area contributed by atoms with Crippen LogP contribution >= 0.6 is 0 Å². The fraction of sp³-hybridized carbons (Fsp3) is 0.571. The van der Waals surface area contributed by atoms with Crippen molar-refractivity contribution in [3.63, 3.8) is 0 Å². The molecule has 0 aromatic rings. The smallest absolute Gasteiger partial charge is 0.417 e. The molecule has 0 aliphatic heterocycles. The highest BCUT2D eigenvalue weighted by Gasteiger charge is 2.21. The number of halogens is 8. The molecule has 0 aromatic heterocycles. The Morgan fingerprint density at radius 2 is 0.588 bits per heavy atom. The van der Waals surface area contributed by atoms with Crippen molar-refractivity contribution in [1.29, 1.82) is 0 Å². The monoisotopic (exact) mass is 526 g/mol. The molecular weight excluding hydrogens is 512 g/mol. The van der Waals surface area contributed by atoms with E-state index in [1.165, 1.54) is 0 Å². The molecule has 0 bridgehead atoms. The lowest BCUT2D eigenvalue weighted by molar-refractivity contribution is -0.171. The molecule has 0 spiro atoms. The third kappa shape index (κ3) is 26.3. The average Bonchev–Trinajstić information content (AvgIpc) is 2.72. The summed E-state index contributed by atoms with van der Waals surface area (Å²) in [4.78, 5) is 59.7. The number of rotatable bonds is 8. The van der Waals surface area contributed by atoms with Crippen LogP contribution in [0.15, 0.2) is 0 Å². The van der Waals surface area contributed by atoms with Gasteiger partial charge < -0.3 is 29.2 Å². The van der Waals surface area contributed by atoms with Crippen LogP contribution in [0, 0.1) is 0 Å². The van der Waals surface area contributed by atoms with Gasteiger partial charge >= 0.3 is 35.8 Å². The number of aliphatic carboxylic acids is 2. The number of carboxylic acid groups (broad SMARTS) is 2. The number of carbonyl (C=O) groups is 6. The van der Waals surface area contributed by atoms with Crippen LogP contribution < -0.4 is 0 Å². The summed E-state index contributed by atoms with van der Waals surface area (Å²) in [5.41, 5.74) is 0. The summed E-state index contributed by atoms with van der Waals surface area (Å²) in [5.74, 6) is -10.5. The maximum absolute atomic E-state index is 11.4. The van der Waals surface area contributed by atoms with Gasteiger partial charge in [-0.25, -0.2) is 63.9 Å². The van der Waals surface area contributed by atoms with Crippen molar-refractivity contribution < 1.29 is 93.1 Å². The molecule has 0 saturated heterocycles. The molecule has 0 heterocycles. The van der Waals surface area contributed by atoms with E-state index in [1.54, 1.807) is 0 Å². The SMILES string of the molecule is O=C(O)C(=O)O.O=C(OCC(F)F)C(=O)OCC(F)F.O=C(OCC(F)F)C(=O)OCC(F)F. The van der Waals surface area contributed by atoms with E-state index in [9.17, 15) is 54.3 Å². The van der Waals surface area contributed by atoms with Gasteiger partial charge in [0.2, 0.25) is 0 Å². The molecule has 0 radical (unpaired) electrons. The van der Waals surface area contributed by atoms with Crippen molar-refractivity contribution in [1.82, 2.24) is 0 Å². The number of esters is 4. The Bertz CT molecular complexity index is 571. The van der Waals surface area contributed by atoms with E-state index in [2.05, 4.69) is 18.9 Å². The maximum Gasteiger partial charge on any atom is 0.417 e. The summed E-state index contributed by atoms with van der Waals surface area (Å²) in [6.07, 6.45) is -11.7. The maximum atomic E-state index is 11.4. The quantitative estimate of drug-likeness (QED) is 0.192. The van der Waals surface area contributed by atoms with Gasteiger partial charge in [-0.05, 0) is 0 Å². The molecule has 34 heavy (non-hydrogen) atoms. The summed E-state index contributed by atoms with van der Waals surface area (Å²) in [6, 6.07) is 0. The first-order chi connectivity index (χ1) is 15.5. The summed E-state index contributed by atoms with van der Waals surface area (Å²) >= 11 is 0. The minimum Gasteiger partial charge on any atom is -0.473 e. The second-order valence-corrected chi connectivity index (χ2v) is 4.57. The van der Waals surface area contributed by atoms with Gasteiger partial charge in [0.1, 0.15) is 0 Å². The van der Waals surface area contributed by atoms with Crippen molar-refractivity contribution >= 4 is 35.8 Å². The van der Waals surface area contributed by atoms with Gasteiger partial charge in [-0.3, -0.25) is 0 Å². The van der Waals surface area contributed by atoms with Crippen LogP contribution in [0.2, 0.25) is 0 Å². The first-order valence-electron chi connectivity index (χ1n) is 7.77. The van der Waals surface area contributed by atoms with Crippen LogP contribution in [0.25, 0.3) is 0 Å². The van der Waals surface area contributed by atoms with Crippen LogP contribution in [-0.4, -0.2) is 98.2 Å². The van der Waals surface area contributed by atoms with E-state index in [-0.39, 0.29) is 0 Å². The van der Waals surface area contributed by atoms with E-state index in [4.69, 9.17) is 19.8 Å². The lowest BCUT2D eigenvalue weighted by Crippen LogP contribution is -2.24. The van der Waals surface area contributed by atoms with Gasteiger partial charge in [0.05, 0.1) is 0 Å². The van der Waals surface area contributed by atoms with Crippen LogP contribution in [0.3, 0.4) is 0 Å². The highest BCUT2D eigenvalue weighted by Crippen LogP contribution is 1.98. The van der Waals surface area contributed by atoms with Crippen molar-refractivity contribution in [2.75, 3.05) is 26.4 Å². The number of hydrogen-bond donors (Lipinski definition) is 2. The summed E-state index contributed by atoms with van der Waals surface area (Å²) in [5, 5.41) is 14.8. The van der Waals surface area contributed by atoms with Gasteiger partial charge in [-0.2, -0.15) is 0 Å². The highest BCUT2D eigenvalue weighted by molar-refractivity contribution is 6.30. The Morgan fingerprint density at radius 3 is 0.676 bits per heavy atom. The molecule has 2 N–H and O–H groups in total. The average molecular weight is 526 g/mol. The van der Waals surface area contributed by atoms with E-state index in [0.29, 0.717) is 0 Å². The van der Waals surface area contributed by atoms with Gasteiger partial charge in [0.15, 0.2) is 26.4 Å². The van der Waals surface area contributed by atoms with Crippen LogP contribution in [-0.2, 0) is 47.7 Å². The Kier molecular flexibility index (Phi) is 20.4. The molecule has 0 unspecified atom stereocenters. The molecule has 20 heteroatoms. The van der Waals surface area contributed by atoms with Crippen molar-refractivity contribution in [3.8, 4) is 0 Å². The fourth-order valence-corrected chi connectivity index (χ4v) is 0.790. The van der Waals surface area contributed by atoms with Gasteiger partial charge in [-0.1, -0.05) is 0 Å². The fourth-order valence-electron chi connectivity index (χ4n) is 0.790. The van der Waals surface area contributed by atoms with Crippen molar-refractivity contribution in [3.05, 3.63) is 0 Å². The minimum atomic E-state index is -2.93. The predicted octanol–water partition coefficient (Wildman–Crippen LogP) is 0.362. The van der Waals surface area contributed by atoms with Gasteiger partial charge in [-0.15, -0.1) is 0 Å². The third-order valence-electron chi connectivity index (χ3n) is 1.88. The normalized spacial score (nSPS) is 9.88. The number of ether oxygens (including phenoxy) is 4. The Hall–Kier alpha value is -3.74. The second kappa shape index (κ2) is 19.9. The second-order valence-electron chi connectivity index (χ2n) is 4.57. The largest absolute Gasteiger partial charge is 0.473 e. The van der Waals surface area contributed by atoms with Crippen LogP contribution in [0.5, 0.6) is 0 Å². The van der Waals surface area contributed by atoms with Gasteiger partial charge in [0, 0.05) is 0 Å². The topological polar surface area (TPSA) is 180 Å². The number of carbonyl (C=O) groups excluding carboxylic acids is 4. The van der Waals surface area contributed by atoms with Crippen LogP contribution in [0.1, 0.15) is 0 Å². The lowest BCUT2D eigenvalue weighted by atomic mass is 10.6. The predicted molar refractivity (Wildman–Crippen MR) is 83.1 cm³/mol. The van der Waals surface area contributed by atoms with E-state index in [0.717, 1.165) is 0 Å². The number of carboxylic acids is 2. The highest BCUT2D eigenvalue weighted by atomic mass is 19.3. The molecule has 0 aliphatic carbocycles. The zero-order chi connectivity index (χ0) is 27.4. The molecule has 0 atom stereocenters. The standard InChI is InChI=1S/2C6H6F4O4.C2H2O4/c2*7-3(8)1-13-5(11)6(12)14-2-4(9)10;3-1(4)2(5)6/h2*3-4H,1-2H2;(H,3,4)(H,5,6). The third-order valence-corrected chi connectivity index (χ3v) is 1.88. The van der Waals surface area contributed by atoms with E-state index < -0.39 is 87.9 Å². The molecule has 0 fully saturated rings. The zero-order valence-electron chi connectivity index (χ0n) is 16.1. The van der Waals surface area contributed by atoms with Crippen molar-refractivity contribution in [2.45, 2.75) is 25.7 Å². The lowest BCUT2D eigenvalue weighted by Gasteiger charge is -2.03. The molecule has 0 aromatic carbocycles. The molecule has 0 rings (SSSR count). The molecule has 0 amide bonds. The molecule has 0 saturated carbocycles. The summed E-state index contributed by atoms with van der Waals surface area (Å²) < 4.78 is 106. The molecular formula is C14H14F8O12. The number of hydrogen-bond acceptors (Lipinski definition) is 10. The zero-order valence-corrected chi connectivity index (χ0v) is 16.1. The summed E-state index contributed by atoms with van der Waals surface area (Å²) in [7, 11) is 0. The number of alkyl halides is 8. The molecule has 12 nitrogen and oxygen atoms in total. The molecule has 0 aliphatic rings. The minimum absolute atomic E-state index is 1.28. The van der Waals surface area contributed by atoms with Crippen LogP contribution in [0.4, 0.5) is 35.1 Å². The Morgan fingerprint density at radius 1 is 0.441 bits per heavy atom. The van der Waals surface area contributed by atoms with E-state index >= 15 is 0 Å². The van der Waals surface area contributed by atoms with E-state index in [1.807, 2.05) is 0 Å². The molecule has 198 valence electrons.